The van der Waals surface area contributed by atoms with Crippen LogP contribution in [0.2, 0.25) is 0 Å². The van der Waals surface area contributed by atoms with Crippen molar-refractivity contribution in [2.75, 3.05) is 25.8 Å². The van der Waals surface area contributed by atoms with Gasteiger partial charge in [0, 0.05) is 30.9 Å². The van der Waals surface area contributed by atoms with E-state index in [2.05, 4.69) is 33.3 Å². The van der Waals surface area contributed by atoms with Crippen LogP contribution >= 0.6 is 0 Å². The Labute approximate surface area is 134 Å². The van der Waals surface area contributed by atoms with Crippen molar-refractivity contribution < 1.29 is 9.47 Å². The average Bonchev–Trinajstić information content (AvgIpc) is 3.23. The van der Waals surface area contributed by atoms with Crippen LogP contribution in [0.5, 0.6) is 11.5 Å². The fraction of sp³-hybridized carbons (Fsp3) is 0.167. The molecule has 1 N–H and O–H groups in total. The van der Waals surface area contributed by atoms with E-state index >= 15 is 0 Å². The lowest BCUT2D eigenvalue weighted by Crippen LogP contribution is -2.08. The van der Waals surface area contributed by atoms with E-state index in [-0.39, 0.29) is 6.79 Å². The first kappa shape index (κ1) is 13.7. The highest BCUT2D eigenvalue weighted by molar-refractivity contribution is 5.72. The van der Waals surface area contributed by atoms with Crippen molar-refractivity contribution in [1.82, 2.24) is 10.2 Å². The molecule has 0 saturated heterocycles. The molecule has 4 rings (SSSR count). The van der Waals surface area contributed by atoms with Crippen molar-refractivity contribution in [2.45, 2.75) is 0 Å². The summed E-state index contributed by atoms with van der Waals surface area (Å²) in [5.41, 5.74) is 5.13. The second kappa shape index (κ2) is 5.35. The van der Waals surface area contributed by atoms with E-state index in [0.717, 1.165) is 39.7 Å². The van der Waals surface area contributed by atoms with Gasteiger partial charge >= 0.3 is 0 Å². The SMILES string of the molecule is CN(C)c1cccc(-c2cc(-c3ccc4c(c3)OCO4)n[nH]2)c1. The standard InChI is InChI=1S/C18H17N3O2/c1-21(2)14-5-3-4-12(8-14)15-10-16(20-19-15)13-6-7-17-18(9-13)23-11-22-17/h3-10H,11H2,1-2H3,(H,19,20). The quantitative estimate of drug-likeness (QED) is 0.804. The van der Waals surface area contributed by atoms with Gasteiger partial charge in [-0.25, -0.2) is 0 Å². The number of aromatic nitrogens is 2. The van der Waals surface area contributed by atoms with Crippen molar-refractivity contribution in [3.05, 3.63) is 48.5 Å². The maximum Gasteiger partial charge on any atom is 0.231 e. The molecule has 0 amide bonds. The van der Waals surface area contributed by atoms with Gasteiger partial charge in [-0.1, -0.05) is 12.1 Å². The van der Waals surface area contributed by atoms with Gasteiger partial charge in [-0.05, 0) is 36.4 Å². The minimum atomic E-state index is 0.280. The molecule has 1 aliphatic rings. The number of ether oxygens (including phenoxy) is 2. The van der Waals surface area contributed by atoms with Crippen LogP contribution < -0.4 is 14.4 Å². The molecule has 0 radical (unpaired) electrons. The molecule has 0 bridgehead atoms. The monoisotopic (exact) mass is 307 g/mol. The third-order valence-corrected chi connectivity index (χ3v) is 3.92. The number of nitrogens with one attached hydrogen (secondary N) is 1. The molecule has 0 atom stereocenters. The van der Waals surface area contributed by atoms with E-state index < -0.39 is 0 Å². The van der Waals surface area contributed by atoms with Crippen molar-refractivity contribution in [3.63, 3.8) is 0 Å². The van der Waals surface area contributed by atoms with Crippen LogP contribution in [-0.4, -0.2) is 31.1 Å². The van der Waals surface area contributed by atoms with Gasteiger partial charge in [0.1, 0.15) is 0 Å². The molecule has 1 aromatic heterocycles. The zero-order valence-electron chi connectivity index (χ0n) is 13.0. The second-order valence-electron chi connectivity index (χ2n) is 5.68. The molecule has 3 aromatic rings. The van der Waals surface area contributed by atoms with Crippen molar-refractivity contribution in [1.29, 1.82) is 0 Å². The zero-order chi connectivity index (χ0) is 15.8. The van der Waals surface area contributed by atoms with Crippen LogP contribution in [0.15, 0.2) is 48.5 Å². The number of aromatic amines is 1. The Bertz CT molecular complexity index is 855. The number of benzene rings is 2. The van der Waals surface area contributed by atoms with Crippen LogP contribution in [-0.2, 0) is 0 Å². The Balaban J connectivity index is 1.68. The molecule has 0 unspecified atom stereocenters. The third kappa shape index (κ3) is 2.50. The average molecular weight is 307 g/mol. The van der Waals surface area contributed by atoms with Gasteiger partial charge in [0.15, 0.2) is 11.5 Å². The lowest BCUT2D eigenvalue weighted by Gasteiger charge is -2.12. The van der Waals surface area contributed by atoms with Crippen LogP contribution in [0.4, 0.5) is 5.69 Å². The molecule has 1 aliphatic heterocycles. The summed E-state index contributed by atoms with van der Waals surface area (Å²) < 4.78 is 10.8. The first-order chi connectivity index (χ1) is 11.2. The highest BCUT2D eigenvalue weighted by Crippen LogP contribution is 2.36. The zero-order valence-corrected chi connectivity index (χ0v) is 13.0. The first-order valence-electron chi connectivity index (χ1n) is 7.44. The second-order valence-corrected chi connectivity index (χ2v) is 5.68. The third-order valence-electron chi connectivity index (χ3n) is 3.92. The number of H-pyrrole nitrogens is 1. The molecule has 116 valence electrons. The van der Waals surface area contributed by atoms with E-state index in [1.165, 1.54) is 0 Å². The van der Waals surface area contributed by atoms with Gasteiger partial charge in [-0.3, -0.25) is 5.10 Å². The van der Waals surface area contributed by atoms with Crippen molar-refractivity contribution >= 4 is 5.69 Å². The van der Waals surface area contributed by atoms with E-state index in [1.54, 1.807) is 0 Å². The molecular weight excluding hydrogens is 290 g/mol. The summed E-state index contributed by atoms with van der Waals surface area (Å²) in [5.74, 6) is 1.55. The Hall–Kier alpha value is -2.95. The molecule has 0 saturated carbocycles. The first-order valence-corrected chi connectivity index (χ1v) is 7.44. The van der Waals surface area contributed by atoms with E-state index in [0.29, 0.717) is 0 Å². The van der Waals surface area contributed by atoms with E-state index in [9.17, 15) is 0 Å². The van der Waals surface area contributed by atoms with Gasteiger partial charge in [0.2, 0.25) is 6.79 Å². The molecule has 0 fully saturated rings. The fourth-order valence-electron chi connectivity index (χ4n) is 2.62. The van der Waals surface area contributed by atoms with Crippen LogP contribution in [0.1, 0.15) is 0 Å². The van der Waals surface area contributed by atoms with Gasteiger partial charge < -0.3 is 14.4 Å². The summed E-state index contributed by atoms with van der Waals surface area (Å²) in [6, 6.07) is 16.2. The molecule has 0 aliphatic carbocycles. The largest absolute Gasteiger partial charge is 0.454 e. The maximum absolute atomic E-state index is 5.43. The Morgan fingerprint density at radius 2 is 1.83 bits per heavy atom. The molecule has 5 nitrogen and oxygen atoms in total. The molecule has 2 aromatic carbocycles. The predicted molar refractivity (Wildman–Crippen MR) is 89.9 cm³/mol. The van der Waals surface area contributed by atoms with Gasteiger partial charge in [-0.2, -0.15) is 5.10 Å². The molecule has 23 heavy (non-hydrogen) atoms. The fourth-order valence-corrected chi connectivity index (χ4v) is 2.62. The highest BCUT2D eigenvalue weighted by atomic mass is 16.7. The van der Waals surface area contributed by atoms with Gasteiger partial charge in [-0.15, -0.1) is 0 Å². The maximum atomic E-state index is 5.43. The van der Waals surface area contributed by atoms with Crippen molar-refractivity contribution in [2.24, 2.45) is 0 Å². The highest BCUT2D eigenvalue weighted by Gasteiger charge is 2.15. The minimum absolute atomic E-state index is 0.280. The van der Waals surface area contributed by atoms with Crippen LogP contribution in [0, 0.1) is 0 Å². The lowest BCUT2D eigenvalue weighted by atomic mass is 10.1. The van der Waals surface area contributed by atoms with Crippen LogP contribution in [0.3, 0.4) is 0 Å². The van der Waals surface area contributed by atoms with Crippen LogP contribution in [0.25, 0.3) is 22.5 Å². The Morgan fingerprint density at radius 1 is 0.957 bits per heavy atom. The summed E-state index contributed by atoms with van der Waals surface area (Å²) in [4.78, 5) is 2.08. The summed E-state index contributed by atoms with van der Waals surface area (Å²) in [6.07, 6.45) is 0. The normalized spacial score (nSPS) is 12.4. The number of fused-ring (bicyclic) bond motifs is 1. The molecule has 0 spiro atoms. The number of nitrogens with zero attached hydrogens (tertiary/aromatic N) is 2. The minimum Gasteiger partial charge on any atom is -0.454 e. The van der Waals surface area contributed by atoms with Crippen molar-refractivity contribution in [3.8, 4) is 34.0 Å². The molecule has 2 heterocycles. The lowest BCUT2D eigenvalue weighted by molar-refractivity contribution is 0.174. The topological polar surface area (TPSA) is 50.4 Å². The smallest absolute Gasteiger partial charge is 0.231 e. The predicted octanol–water partition coefficient (Wildman–Crippen LogP) is 3.54. The number of hydrogen-bond donors (Lipinski definition) is 1. The van der Waals surface area contributed by atoms with E-state index in [4.69, 9.17) is 9.47 Å². The number of hydrogen-bond acceptors (Lipinski definition) is 4. The molecular formula is C18H17N3O2. The van der Waals surface area contributed by atoms with Gasteiger partial charge in [0.05, 0.1) is 11.4 Å². The number of rotatable bonds is 3. The summed E-state index contributed by atoms with van der Waals surface area (Å²) in [6.45, 7) is 0.280. The molecule has 5 heteroatoms. The number of anilines is 1. The summed E-state index contributed by atoms with van der Waals surface area (Å²) in [7, 11) is 4.06. The Kier molecular flexibility index (Phi) is 3.19. The van der Waals surface area contributed by atoms with Gasteiger partial charge in [0.25, 0.3) is 0 Å². The summed E-state index contributed by atoms with van der Waals surface area (Å²) >= 11 is 0. The van der Waals surface area contributed by atoms with E-state index in [1.807, 2.05) is 44.4 Å². The Morgan fingerprint density at radius 3 is 2.70 bits per heavy atom. The summed E-state index contributed by atoms with van der Waals surface area (Å²) in [5, 5.41) is 7.54.